The molecular formula is C14H21ClN2OS. The summed E-state index contributed by atoms with van der Waals surface area (Å²) in [6.45, 7) is 0.661. The van der Waals surface area contributed by atoms with Crippen LogP contribution in [0.2, 0.25) is 5.02 Å². The van der Waals surface area contributed by atoms with Crippen molar-refractivity contribution in [3.63, 3.8) is 0 Å². The molecule has 0 radical (unpaired) electrons. The first kappa shape index (κ1) is 16.3. The van der Waals surface area contributed by atoms with Crippen molar-refractivity contribution in [2.24, 2.45) is 5.73 Å². The Labute approximate surface area is 124 Å². The molecule has 0 heterocycles. The number of nitrogens with one attached hydrogen (secondary N) is 1. The number of carbonyl (C=O) groups is 1. The highest BCUT2D eigenvalue weighted by Gasteiger charge is 2.11. The fraction of sp³-hybridized carbons (Fsp3) is 0.500. The first-order chi connectivity index (χ1) is 9.13. The Kier molecular flexibility index (Phi) is 7.94. The predicted molar refractivity (Wildman–Crippen MR) is 83.8 cm³/mol. The average Bonchev–Trinajstić information content (AvgIpc) is 2.42. The number of halogens is 1. The van der Waals surface area contributed by atoms with Crippen molar-refractivity contribution in [2.45, 2.75) is 25.3 Å². The van der Waals surface area contributed by atoms with E-state index in [0.717, 1.165) is 30.0 Å². The molecule has 0 saturated carbocycles. The van der Waals surface area contributed by atoms with Gasteiger partial charge < -0.3 is 11.1 Å². The zero-order valence-corrected chi connectivity index (χ0v) is 12.8. The highest BCUT2D eigenvalue weighted by molar-refractivity contribution is 7.98. The van der Waals surface area contributed by atoms with Gasteiger partial charge in [-0.3, -0.25) is 4.79 Å². The van der Waals surface area contributed by atoms with Crippen molar-refractivity contribution >= 4 is 29.3 Å². The van der Waals surface area contributed by atoms with Gasteiger partial charge in [0.05, 0.1) is 6.04 Å². The van der Waals surface area contributed by atoms with Crippen molar-refractivity contribution in [1.29, 1.82) is 0 Å². The van der Waals surface area contributed by atoms with Crippen LogP contribution in [0, 0.1) is 0 Å². The molecule has 0 saturated heterocycles. The molecular weight excluding hydrogens is 280 g/mol. The summed E-state index contributed by atoms with van der Waals surface area (Å²) in [6, 6.07) is 7.40. The van der Waals surface area contributed by atoms with Crippen molar-refractivity contribution in [3.05, 3.63) is 34.9 Å². The topological polar surface area (TPSA) is 55.1 Å². The van der Waals surface area contributed by atoms with Gasteiger partial charge in [-0.15, -0.1) is 0 Å². The summed E-state index contributed by atoms with van der Waals surface area (Å²) in [4.78, 5) is 11.6. The fourth-order valence-electron chi connectivity index (χ4n) is 1.66. The van der Waals surface area contributed by atoms with Crippen LogP contribution in [0.15, 0.2) is 24.3 Å². The van der Waals surface area contributed by atoms with Gasteiger partial charge in [-0.2, -0.15) is 11.8 Å². The maximum atomic E-state index is 11.6. The van der Waals surface area contributed by atoms with E-state index in [1.807, 2.05) is 30.5 Å². The van der Waals surface area contributed by atoms with E-state index in [4.69, 9.17) is 17.3 Å². The zero-order chi connectivity index (χ0) is 14.1. The van der Waals surface area contributed by atoms with E-state index in [0.29, 0.717) is 6.54 Å². The van der Waals surface area contributed by atoms with E-state index in [9.17, 15) is 4.79 Å². The molecule has 0 unspecified atom stereocenters. The summed E-state index contributed by atoms with van der Waals surface area (Å²) < 4.78 is 0. The third kappa shape index (κ3) is 6.85. The molecule has 1 rings (SSSR count). The second-order valence-corrected chi connectivity index (χ2v) is 5.83. The van der Waals surface area contributed by atoms with E-state index in [-0.39, 0.29) is 11.9 Å². The van der Waals surface area contributed by atoms with E-state index in [1.165, 1.54) is 5.56 Å². The van der Waals surface area contributed by atoms with Crippen molar-refractivity contribution < 1.29 is 4.79 Å². The Morgan fingerprint density at radius 2 is 2.11 bits per heavy atom. The molecule has 0 fully saturated rings. The summed E-state index contributed by atoms with van der Waals surface area (Å²) in [6.07, 6.45) is 4.57. The minimum Gasteiger partial charge on any atom is -0.355 e. The van der Waals surface area contributed by atoms with Crippen LogP contribution in [0.5, 0.6) is 0 Å². The number of nitrogens with two attached hydrogens (primary N) is 1. The van der Waals surface area contributed by atoms with Gasteiger partial charge in [0.15, 0.2) is 0 Å². The number of thioether (sulfide) groups is 1. The molecule has 0 bridgehead atoms. The third-order valence-corrected chi connectivity index (χ3v) is 3.72. The van der Waals surface area contributed by atoms with Crippen LogP contribution < -0.4 is 11.1 Å². The van der Waals surface area contributed by atoms with Crippen LogP contribution in [0.3, 0.4) is 0 Å². The molecule has 5 heteroatoms. The monoisotopic (exact) mass is 300 g/mol. The zero-order valence-electron chi connectivity index (χ0n) is 11.2. The van der Waals surface area contributed by atoms with Crippen LogP contribution in [-0.2, 0) is 11.2 Å². The molecule has 0 spiro atoms. The maximum Gasteiger partial charge on any atom is 0.236 e. The number of hydrogen-bond acceptors (Lipinski definition) is 3. The van der Waals surface area contributed by atoms with Crippen LogP contribution in [0.4, 0.5) is 0 Å². The van der Waals surface area contributed by atoms with Crippen molar-refractivity contribution in [3.8, 4) is 0 Å². The molecule has 1 aromatic carbocycles. The Balaban J connectivity index is 2.16. The van der Waals surface area contributed by atoms with Gasteiger partial charge in [0.1, 0.15) is 0 Å². The molecule has 1 aromatic rings. The summed E-state index contributed by atoms with van der Waals surface area (Å²) in [5.41, 5.74) is 7.00. The second-order valence-electron chi connectivity index (χ2n) is 4.41. The van der Waals surface area contributed by atoms with Crippen LogP contribution >= 0.6 is 23.4 Å². The summed E-state index contributed by atoms with van der Waals surface area (Å²) in [7, 11) is 0. The van der Waals surface area contributed by atoms with Gasteiger partial charge in [-0.1, -0.05) is 23.7 Å². The van der Waals surface area contributed by atoms with Crippen LogP contribution in [-0.4, -0.2) is 30.5 Å². The van der Waals surface area contributed by atoms with Crippen molar-refractivity contribution in [1.82, 2.24) is 5.32 Å². The molecule has 1 atom stereocenters. The van der Waals surface area contributed by atoms with Crippen LogP contribution in [0.1, 0.15) is 18.4 Å². The van der Waals surface area contributed by atoms with Gasteiger partial charge >= 0.3 is 0 Å². The summed E-state index contributed by atoms with van der Waals surface area (Å²) in [5.74, 6) is 0.865. The Morgan fingerprint density at radius 3 is 2.74 bits per heavy atom. The van der Waals surface area contributed by atoms with E-state index in [1.54, 1.807) is 11.8 Å². The first-order valence-electron chi connectivity index (χ1n) is 6.40. The van der Waals surface area contributed by atoms with Crippen LogP contribution in [0.25, 0.3) is 0 Å². The highest BCUT2D eigenvalue weighted by Crippen LogP contribution is 2.10. The lowest BCUT2D eigenvalue weighted by Crippen LogP contribution is -2.41. The van der Waals surface area contributed by atoms with E-state index in [2.05, 4.69) is 5.32 Å². The molecule has 0 aliphatic rings. The number of aryl methyl sites for hydroxylation is 1. The molecule has 0 aliphatic carbocycles. The Morgan fingerprint density at radius 1 is 1.42 bits per heavy atom. The number of rotatable bonds is 8. The van der Waals surface area contributed by atoms with Gasteiger partial charge in [-0.05, 0) is 49.0 Å². The molecule has 0 aliphatic heterocycles. The standard InChI is InChI=1S/C14H21ClN2OS/c1-19-10-8-13(16)14(18)17-9-2-3-11-4-6-12(15)7-5-11/h4-7,13H,2-3,8-10,16H2,1H3,(H,17,18)/t13-/m0/s1. The highest BCUT2D eigenvalue weighted by atomic mass is 35.5. The minimum absolute atomic E-state index is 0.0508. The van der Waals surface area contributed by atoms with E-state index < -0.39 is 0 Å². The predicted octanol–water partition coefficient (Wildman–Crippen LogP) is 2.47. The number of hydrogen-bond donors (Lipinski definition) is 2. The number of amides is 1. The Hall–Kier alpha value is -0.710. The van der Waals surface area contributed by atoms with Crippen molar-refractivity contribution in [2.75, 3.05) is 18.6 Å². The summed E-state index contributed by atoms with van der Waals surface area (Å²) in [5, 5.41) is 3.62. The lowest BCUT2D eigenvalue weighted by atomic mass is 10.1. The maximum absolute atomic E-state index is 11.6. The van der Waals surface area contributed by atoms with Gasteiger partial charge in [0, 0.05) is 11.6 Å². The average molecular weight is 301 g/mol. The van der Waals surface area contributed by atoms with Gasteiger partial charge in [-0.25, -0.2) is 0 Å². The molecule has 0 aromatic heterocycles. The molecule has 106 valence electrons. The summed E-state index contributed by atoms with van der Waals surface area (Å²) >= 11 is 7.52. The molecule has 19 heavy (non-hydrogen) atoms. The SMILES string of the molecule is CSCC[C@H](N)C(=O)NCCCc1ccc(Cl)cc1. The molecule has 3 nitrogen and oxygen atoms in total. The normalized spacial score (nSPS) is 12.2. The fourth-order valence-corrected chi connectivity index (χ4v) is 2.28. The van der Waals surface area contributed by atoms with Gasteiger partial charge in [0.25, 0.3) is 0 Å². The minimum atomic E-state index is -0.386. The van der Waals surface area contributed by atoms with Gasteiger partial charge in [0.2, 0.25) is 5.91 Å². The lowest BCUT2D eigenvalue weighted by molar-refractivity contribution is -0.122. The van der Waals surface area contributed by atoms with E-state index >= 15 is 0 Å². The first-order valence-corrected chi connectivity index (χ1v) is 8.17. The molecule has 1 amide bonds. The lowest BCUT2D eigenvalue weighted by Gasteiger charge is -2.11. The smallest absolute Gasteiger partial charge is 0.236 e. The third-order valence-electron chi connectivity index (χ3n) is 2.82. The largest absolute Gasteiger partial charge is 0.355 e. The second kappa shape index (κ2) is 9.23. The molecule has 3 N–H and O–H groups in total. The quantitative estimate of drug-likeness (QED) is 0.725. The Bertz CT molecular complexity index is 384. The number of benzene rings is 1. The number of carbonyl (C=O) groups excluding carboxylic acids is 1.